The Morgan fingerprint density at radius 2 is 2.10 bits per heavy atom. The molecule has 0 spiro atoms. The molecule has 2 aromatic rings. The first kappa shape index (κ1) is 21.1. The number of nitrogens with zero attached hydrogens (tertiary/aromatic N) is 4. The number of hydrogen-bond donors (Lipinski definition) is 2. The maximum atomic E-state index is 12.9. The lowest BCUT2D eigenvalue weighted by Crippen LogP contribution is -2.45. The predicted octanol–water partition coefficient (Wildman–Crippen LogP) is 3.77. The zero-order chi connectivity index (χ0) is 20.9. The maximum Gasteiger partial charge on any atom is 0.416 e. The van der Waals surface area contributed by atoms with Crippen LogP contribution in [0.5, 0.6) is 0 Å². The second-order valence-electron chi connectivity index (χ2n) is 7.42. The minimum atomic E-state index is -4.31. The number of likely N-dealkylation sites (tertiary alicyclic amines) is 1. The van der Waals surface area contributed by atoms with Gasteiger partial charge in [-0.25, -0.2) is 4.98 Å². The quantitative estimate of drug-likeness (QED) is 0.584. The topological polar surface area (TPSA) is 69.2 Å². The Labute approximate surface area is 168 Å². The van der Waals surface area contributed by atoms with Gasteiger partial charge in [-0.05, 0) is 36.8 Å². The molecule has 1 aromatic heterocycles. The van der Waals surface area contributed by atoms with E-state index in [4.69, 9.17) is 0 Å². The Kier molecular flexibility index (Phi) is 6.76. The van der Waals surface area contributed by atoms with Gasteiger partial charge >= 0.3 is 6.18 Å². The Hall–Kier alpha value is -2.58. The monoisotopic (exact) mass is 408 g/mol. The number of aliphatic imine (C=N–C) groups is 1. The van der Waals surface area contributed by atoms with Gasteiger partial charge in [0.15, 0.2) is 5.96 Å². The molecule has 1 aliphatic rings. The molecule has 0 amide bonds. The number of aromatic nitrogens is 3. The number of piperidine rings is 1. The third kappa shape index (κ3) is 5.48. The van der Waals surface area contributed by atoms with Crippen LogP contribution in [0, 0.1) is 0 Å². The summed E-state index contributed by atoms with van der Waals surface area (Å²) < 4.78 is 38.7. The van der Waals surface area contributed by atoms with E-state index in [-0.39, 0.29) is 5.92 Å². The molecule has 1 saturated heterocycles. The molecule has 0 bridgehead atoms. The molecule has 2 N–H and O–H groups in total. The first-order valence-corrected chi connectivity index (χ1v) is 9.86. The first-order chi connectivity index (χ1) is 13.9. The van der Waals surface area contributed by atoms with Crippen molar-refractivity contribution in [3.05, 3.63) is 47.5 Å². The van der Waals surface area contributed by atoms with Gasteiger partial charge in [-0.1, -0.05) is 25.1 Å². The summed E-state index contributed by atoms with van der Waals surface area (Å²) in [4.78, 5) is 10.8. The molecule has 0 saturated carbocycles. The molecular formula is C20H27F3N6. The summed E-state index contributed by atoms with van der Waals surface area (Å²) in [6, 6.07) is 5.58. The minimum absolute atomic E-state index is 0.0140. The Morgan fingerprint density at radius 3 is 2.72 bits per heavy atom. The van der Waals surface area contributed by atoms with Gasteiger partial charge in [-0.2, -0.15) is 18.3 Å². The zero-order valence-corrected chi connectivity index (χ0v) is 16.7. The van der Waals surface area contributed by atoms with Gasteiger partial charge in [0.2, 0.25) is 0 Å². The largest absolute Gasteiger partial charge is 0.416 e. The van der Waals surface area contributed by atoms with Gasteiger partial charge in [-0.3, -0.25) is 10.1 Å². The van der Waals surface area contributed by atoms with Crippen molar-refractivity contribution >= 4 is 5.96 Å². The second kappa shape index (κ2) is 9.28. The van der Waals surface area contributed by atoms with Crippen LogP contribution in [0.4, 0.5) is 13.2 Å². The van der Waals surface area contributed by atoms with Crippen molar-refractivity contribution in [2.45, 2.75) is 44.2 Å². The highest BCUT2D eigenvalue weighted by Gasteiger charge is 2.30. The smallest absolute Gasteiger partial charge is 0.356 e. The third-order valence-corrected chi connectivity index (χ3v) is 5.47. The fourth-order valence-corrected chi connectivity index (χ4v) is 3.70. The standard InChI is InChI=1S/C20H27F3N6/c1-14(16-4-3-5-17(12-16)20(21,22)23)6-9-25-19(24-2)29-10-7-15(8-11-29)18-26-13-27-28-18/h3-5,12-15H,6-11H2,1-2H3,(H,24,25)(H,26,27,28). The highest BCUT2D eigenvalue weighted by atomic mass is 19.4. The van der Waals surface area contributed by atoms with Crippen LogP contribution in [0.1, 0.15) is 55.0 Å². The Bertz CT molecular complexity index is 795. The molecule has 1 unspecified atom stereocenters. The number of halogens is 3. The normalized spacial score (nSPS) is 17.4. The lowest BCUT2D eigenvalue weighted by Gasteiger charge is -2.33. The van der Waals surface area contributed by atoms with E-state index >= 15 is 0 Å². The Balaban J connectivity index is 1.48. The van der Waals surface area contributed by atoms with Crippen molar-refractivity contribution in [1.82, 2.24) is 25.4 Å². The summed E-state index contributed by atoms with van der Waals surface area (Å²) in [6.45, 7) is 4.33. The van der Waals surface area contributed by atoms with E-state index in [2.05, 4.69) is 30.4 Å². The minimum Gasteiger partial charge on any atom is -0.356 e. The maximum absolute atomic E-state index is 12.9. The summed E-state index contributed by atoms with van der Waals surface area (Å²) in [5.74, 6) is 2.16. The second-order valence-corrected chi connectivity index (χ2v) is 7.42. The van der Waals surface area contributed by atoms with Crippen LogP contribution in [0.3, 0.4) is 0 Å². The molecule has 158 valence electrons. The van der Waals surface area contributed by atoms with E-state index in [1.165, 1.54) is 18.5 Å². The van der Waals surface area contributed by atoms with Crippen molar-refractivity contribution in [1.29, 1.82) is 0 Å². The number of hydrogen-bond acceptors (Lipinski definition) is 3. The van der Waals surface area contributed by atoms with E-state index in [1.807, 2.05) is 6.92 Å². The van der Waals surface area contributed by atoms with E-state index in [1.54, 1.807) is 13.1 Å². The molecule has 1 fully saturated rings. The number of guanidine groups is 1. The fourth-order valence-electron chi connectivity index (χ4n) is 3.70. The molecule has 1 atom stereocenters. The lowest BCUT2D eigenvalue weighted by atomic mass is 9.95. The highest BCUT2D eigenvalue weighted by Crippen LogP contribution is 2.31. The van der Waals surface area contributed by atoms with Crippen LogP contribution in [-0.4, -0.2) is 52.7 Å². The average molecular weight is 408 g/mol. The molecule has 3 rings (SSSR count). The third-order valence-electron chi connectivity index (χ3n) is 5.47. The van der Waals surface area contributed by atoms with Crippen LogP contribution < -0.4 is 5.32 Å². The number of rotatable bonds is 5. The highest BCUT2D eigenvalue weighted by molar-refractivity contribution is 5.79. The summed E-state index contributed by atoms with van der Waals surface area (Å²) in [5.41, 5.74) is 0.102. The van der Waals surface area contributed by atoms with E-state index in [0.717, 1.165) is 50.2 Å². The summed E-state index contributed by atoms with van der Waals surface area (Å²) >= 11 is 0. The SMILES string of the molecule is CN=C(NCCC(C)c1cccc(C(F)(F)F)c1)N1CCC(c2ncn[nH]2)CC1. The van der Waals surface area contributed by atoms with Gasteiger partial charge in [0.25, 0.3) is 0 Å². The molecular weight excluding hydrogens is 381 g/mol. The van der Waals surface area contributed by atoms with Crippen molar-refractivity contribution in [3.8, 4) is 0 Å². The Morgan fingerprint density at radius 1 is 1.34 bits per heavy atom. The van der Waals surface area contributed by atoms with E-state index in [9.17, 15) is 13.2 Å². The van der Waals surface area contributed by atoms with E-state index < -0.39 is 11.7 Å². The van der Waals surface area contributed by atoms with Crippen LogP contribution in [0.15, 0.2) is 35.6 Å². The summed E-state index contributed by atoms with van der Waals surface area (Å²) in [6.07, 6.45) is -0.121. The number of alkyl halides is 3. The number of aromatic amines is 1. The van der Waals surface area contributed by atoms with Gasteiger partial charge < -0.3 is 10.2 Å². The molecule has 1 aliphatic heterocycles. The first-order valence-electron chi connectivity index (χ1n) is 9.86. The van der Waals surface area contributed by atoms with Crippen molar-refractivity contribution in [2.75, 3.05) is 26.7 Å². The van der Waals surface area contributed by atoms with Crippen LogP contribution in [-0.2, 0) is 6.18 Å². The van der Waals surface area contributed by atoms with Crippen molar-refractivity contribution < 1.29 is 13.2 Å². The predicted molar refractivity (Wildman–Crippen MR) is 106 cm³/mol. The number of benzene rings is 1. The van der Waals surface area contributed by atoms with Crippen LogP contribution in [0.25, 0.3) is 0 Å². The molecule has 2 heterocycles. The van der Waals surface area contributed by atoms with Crippen LogP contribution >= 0.6 is 0 Å². The molecule has 9 heteroatoms. The van der Waals surface area contributed by atoms with Crippen LogP contribution in [0.2, 0.25) is 0 Å². The van der Waals surface area contributed by atoms with Crippen molar-refractivity contribution in [2.24, 2.45) is 4.99 Å². The van der Waals surface area contributed by atoms with Gasteiger partial charge in [0.05, 0.1) is 5.56 Å². The number of H-pyrrole nitrogens is 1. The number of nitrogens with one attached hydrogen (secondary N) is 2. The zero-order valence-electron chi connectivity index (χ0n) is 16.7. The summed E-state index contributed by atoms with van der Waals surface area (Å²) in [5, 5.41) is 10.2. The van der Waals surface area contributed by atoms with Gasteiger partial charge in [-0.15, -0.1) is 0 Å². The molecule has 29 heavy (non-hydrogen) atoms. The molecule has 0 aliphatic carbocycles. The van der Waals surface area contributed by atoms with Gasteiger partial charge in [0.1, 0.15) is 12.2 Å². The molecule has 6 nitrogen and oxygen atoms in total. The molecule has 1 aromatic carbocycles. The molecule has 0 radical (unpaired) electrons. The van der Waals surface area contributed by atoms with E-state index in [0.29, 0.717) is 18.0 Å². The van der Waals surface area contributed by atoms with Crippen molar-refractivity contribution in [3.63, 3.8) is 0 Å². The lowest BCUT2D eigenvalue weighted by molar-refractivity contribution is -0.137. The summed E-state index contributed by atoms with van der Waals surface area (Å²) in [7, 11) is 1.75. The average Bonchev–Trinajstić information content (AvgIpc) is 3.26. The fraction of sp³-hybridized carbons (Fsp3) is 0.550. The van der Waals surface area contributed by atoms with Gasteiger partial charge in [0, 0.05) is 32.6 Å².